The Bertz CT molecular complexity index is 1370. The maximum absolute atomic E-state index is 12.5. The van der Waals surface area contributed by atoms with Crippen molar-refractivity contribution in [1.82, 2.24) is 10.2 Å². The smallest absolute Gasteiger partial charge is 0.408 e. The van der Waals surface area contributed by atoms with Gasteiger partial charge in [-0.15, -0.1) is 11.3 Å². The Labute approximate surface area is 247 Å². The molecule has 3 heterocycles. The van der Waals surface area contributed by atoms with Crippen molar-refractivity contribution in [2.45, 2.75) is 38.3 Å². The number of alkyl halides is 3. The van der Waals surface area contributed by atoms with Gasteiger partial charge < -0.3 is 19.7 Å². The molecule has 1 saturated heterocycles. The van der Waals surface area contributed by atoms with Crippen LogP contribution in [0.15, 0.2) is 47.8 Å². The molecule has 2 aromatic carbocycles. The van der Waals surface area contributed by atoms with E-state index in [1.807, 2.05) is 12.1 Å². The molecule has 8 nitrogen and oxygen atoms in total. The summed E-state index contributed by atoms with van der Waals surface area (Å²) < 4.78 is 49.2. The predicted octanol–water partition coefficient (Wildman–Crippen LogP) is 5.80. The Kier molecular flexibility index (Phi) is 9.73. The topological polar surface area (TPSA) is 74.3 Å². The van der Waals surface area contributed by atoms with Crippen LogP contribution in [0.25, 0.3) is 10.1 Å². The lowest BCUT2D eigenvalue weighted by Gasteiger charge is -2.36. The van der Waals surface area contributed by atoms with Crippen LogP contribution in [-0.2, 0) is 16.0 Å². The summed E-state index contributed by atoms with van der Waals surface area (Å²) in [6.07, 6.45) is -3.84. The molecule has 0 radical (unpaired) electrons. The van der Waals surface area contributed by atoms with E-state index in [2.05, 4.69) is 44.8 Å². The number of halogens is 3. The number of nitrogens with zero attached hydrogens (tertiary/aromatic N) is 3. The van der Waals surface area contributed by atoms with Gasteiger partial charge in [0.15, 0.2) is 6.73 Å². The molecule has 1 fully saturated rings. The number of unbranched alkanes of at least 4 members (excludes halogenated alkanes) is 1. The summed E-state index contributed by atoms with van der Waals surface area (Å²) in [5.41, 5.74) is 2.82. The third kappa shape index (κ3) is 7.86. The lowest BCUT2D eigenvalue weighted by atomic mass is 10.0. The zero-order valence-corrected chi connectivity index (χ0v) is 24.1. The monoisotopic (exact) mass is 604 g/mol. The Morgan fingerprint density at radius 3 is 2.64 bits per heavy atom. The van der Waals surface area contributed by atoms with E-state index in [1.165, 1.54) is 20.7 Å². The van der Waals surface area contributed by atoms with Crippen LogP contribution < -0.4 is 19.9 Å². The van der Waals surface area contributed by atoms with Crippen LogP contribution in [0.1, 0.15) is 31.2 Å². The SMILES string of the molecule is O=C(NCCC(F)(F)F)OCN1C(=O)CCc2ccc(OCCCCN3CCN(c4cccc5sccc45)CC3)cc21. The van der Waals surface area contributed by atoms with Gasteiger partial charge in [0, 0.05) is 61.0 Å². The first-order valence-electron chi connectivity index (χ1n) is 14.2. The number of anilines is 2. The number of rotatable bonds is 11. The number of alkyl carbamates (subject to hydrolysis) is 1. The number of piperazine rings is 1. The van der Waals surface area contributed by atoms with E-state index in [0.717, 1.165) is 51.1 Å². The van der Waals surface area contributed by atoms with Gasteiger partial charge in [-0.3, -0.25) is 14.6 Å². The van der Waals surface area contributed by atoms with Crippen molar-refractivity contribution in [3.63, 3.8) is 0 Å². The van der Waals surface area contributed by atoms with E-state index in [0.29, 0.717) is 24.5 Å². The van der Waals surface area contributed by atoms with Gasteiger partial charge in [-0.2, -0.15) is 13.2 Å². The Morgan fingerprint density at radius 1 is 1.00 bits per heavy atom. The number of thiophene rings is 1. The molecule has 1 N–H and O–H groups in total. The second kappa shape index (κ2) is 13.6. The number of aryl methyl sites for hydroxylation is 1. The van der Waals surface area contributed by atoms with Crippen LogP contribution >= 0.6 is 11.3 Å². The number of ether oxygens (including phenoxy) is 2. The van der Waals surface area contributed by atoms with Gasteiger partial charge in [0.25, 0.3) is 0 Å². The number of hydrogen-bond acceptors (Lipinski definition) is 7. The third-order valence-electron chi connectivity index (χ3n) is 7.58. The zero-order valence-electron chi connectivity index (χ0n) is 23.3. The molecule has 5 rings (SSSR count). The largest absolute Gasteiger partial charge is 0.494 e. The van der Waals surface area contributed by atoms with Gasteiger partial charge in [0.05, 0.1) is 18.7 Å². The van der Waals surface area contributed by atoms with E-state index < -0.39 is 25.2 Å². The van der Waals surface area contributed by atoms with Crippen LogP contribution in [0.5, 0.6) is 5.75 Å². The molecule has 0 bridgehead atoms. The van der Waals surface area contributed by atoms with E-state index in [1.54, 1.807) is 17.4 Å². The average Bonchev–Trinajstić information content (AvgIpc) is 3.45. The standard InChI is InChI=1S/C30H35F3N4O4S/c31-30(32,33)11-12-34-29(39)41-21-37-26-20-23(8-6-22(26)7-9-28(37)38)40-18-2-1-13-35-14-16-36(17-15-35)25-4-3-5-27-24(25)10-19-42-27/h3-6,8,10,19-20H,1-2,7,9,11-18,21H2,(H,34,39). The molecule has 12 heteroatoms. The van der Waals surface area contributed by atoms with Crippen LogP contribution in [0, 0.1) is 0 Å². The van der Waals surface area contributed by atoms with Gasteiger partial charge in [-0.25, -0.2) is 4.79 Å². The molecule has 0 spiro atoms. The number of amides is 2. The molecule has 2 aliphatic rings. The number of hydrogen-bond donors (Lipinski definition) is 1. The van der Waals surface area contributed by atoms with E-state index in [9.17, 15) is 22.8 Å². The van der Waals surface area contributed by atoms with Crippen molar-refractivity contribution >= 4 is 44.8 Å². The van der Waals surface area contributed by atoms with Crippen molar-refractivity contribution in [3.8, 4) is 5.75 Å². The second-order valence-electron chi connectivity index (χ2n) is 10.5. The number of benzene rings is 2. The molecule has 0 unspecified atom stereocenters. The van der Waals surface area contributed by atoms with Crippen molar-refractivity contribution in [3.05, 3.63) is 53.4 Å². The molecule has 1 aromatic heterocycles. The maximum atomic E-state index is 12.5. The molecule has 2 amide bonds. The van der Waals surface area contributed by atoms with E-state index >= 15 is 0 Å². The van der Waals surface area contributed by atoms with Crippen LogP contribution in [0.4, 0.5) is 29.3 Å². The van der Waals surface area contributed by atoms with Gasteiger partial charge in [0.1, 0.15) is 5.75 Å². The molecule has 3 aromatic rings. The number of fused-ring (bicyclic) bond motifs is 2. The number of carbonyl (C=O) groups is 2. The highest BCUT2D eigenvalue weighted by atomic mass is 32.1. The lowest BCUT2D eigenvalue weighted by Crippen LogP contribution is -2.46. The van der Waals surface area contributed by atoms with Crippen LogP contribution in [0.3, 0.4) is 0 Å². The summed E-state index contributed by atoms with van der Waals surface area (Å²) in [4.78, 5) is 30.7. The molecular weight excluding hydrogens is 569 g/mol. The predicted molar refractivity (Wildman–Crippen MR) is 157 cm³/mol. The number of nitrogens with one attached hydrogen (secondary N) is 1. The van der Waals surface area contributed by atoms with Gasteiger partial charge in [-0.05, 0) is 61.0 Å². The van der Waals surface area contributed by atoms with E-state index in [-0.39, 0.29) is 19.1 Å². The fourth-order valence-electron chi connectivity index (χ4n) is 5.32. The van der Waals surface area contributed by atoms with Crippen LogP contribution in [0.2, 0.25) is 0 Å². The Balaban J connectivity index is 1.03. The highest BCUT2D eigenvalue weighted by Crippen LogP contribution is 2.32. The zero-order chi connectivity index (χ0) is 29.5. The van der Waals surface area contributed by atoms with Gasteiger partial charge in [0.2, 0.25) is 5.91 Å². The minimum Gasteiger partial charge on any atom is -0.494 e. The van der Waals surface area contributed by atoms with Crippen molar-refractivity contribution in [2.75, 3.05) is 62.4 Å². The molecule has 2 aliphatic heterocycles. The molecule has 0 aliphatic carbocycles. The minimum absolute atomic E-state index is 0.227. The lowest BCUT2D eigenvalue weighted by molar-refractivity contribution is -0.133. The first kappa shape index (κ1) is 30.0. The molecule has 0 saturated carbocycles. The van der Waals surface area contributed by atoms with Crippen molar-refractivity contribution in [1.29, 1.82) is 0 Å². The minimum atomic E-state index is -4.37. The second-order valence-corrected chi connectivity index (χ2v) is 11.4. The van der Waals surface area contributed by atoms with Crippen molar-refractivity contribution in [2.24, 2.45) is 0 Å². The van der Waals surface area contributed by atoms with E-state index in [4.69, 9.17) is 9.47 Å². The Morgan fingerprint density at radius 2 is 1.83 bits per heavy atom. The normalized spacial score (nSPS) is 16.0. The highest BCUT2D eigenvalue weighted by molar-refractivity contribution is 7.17. The summed E-state index contributed by atoms with van der Waals surface area (Å²) in [6.45, 7) is 4.64. The van der Waals surface area contributed by atoms with Gasteiger partial charge >= 0.3 is 12.3 Å². The highest BCUT2D eigenvalue weighted by Gasteiger charge is 2.28. The molecule has 42 heavy (non-hydrogen) atoms. The summed E-state index contributed by atoms with van der Waals surface area (Å²) in [5, 5.41) is 5.54. The quantitative estimate of drug-likeness (QED) is 0.279. The fraction of sp³-hybridized carbons (Fsp3) is 0.467. The summed E-state index contributed by atoms with van der Waals surface area (Å²) in [6, 6.07) is 14.2. The van der Waals surface area contributed by atoms with Crippen LogP contribution in [-0.4, -0.2) is 75.7 Å². The summed E-state index contributed by atoms with van der Waals surface area (Å²) in [5.74, 6) is 0.383. The number of carbonyl (C=O) groups excluding carboxylic acids is 2. The molecular formula is C30H35F3N4O4S. The summed E-state index contributed by atoms with van der Waals surface area (Å²) in [7, 11) is 0. The average molecular weight is 605 g/mol. The Hall–Kier alpha value is -3.51. The maximum Gasteiger partial charge on any atom is 0.408 e. The molecule has 0 atom stereocenters. The first-order valence-corrected chi connectivity index (χ1v) is 15.1. The first-order chi connectivity index (χ1) is 20.3. The van der Waals surface area contributed by atoms with Gasteiger partial charge in [-0.1, -0.05) is 12.1 Å². The molecule has 226 valence electrons. The van der Waals surface area contributed by atoms with Crippen molar-refractivity contribution < 1.29 is 32.2 Å². The fourth-order valence-corrected chi connectivity index (χ4v) is 6.13. The third-order valence-corrected chi connectivity index (χ3v) is 8.46. The summed E-state index contributed by atoms with van der Waals surface area (Å²) >= 11 is 1.78.